The quantitative estimate of drug-likeness (QED) is 0.216. The molecule has 31 heavy (non-hydrogen) atoms. The SMILES string of the molecule is CCCCCCCCCCCOc1ccccc1[S+](CCC(=O)O)CSCCC(=O)[O-]. The van der Waals surface area contributed by atoms with Crippen LogP contribution < -0.4 is 9.84 Å². The summed E-state index contributed by atoms with van der Waals surface area (Å²) in [5.74, 6) is -0.0314. The summed E-state index contributed by atoms with van der Waals surface area (Å²) in [6, 6.07) is 7.86. The highest BCUT2D eigenvalue weighted by atomic mass is 32.2. The third kappa shape index (κ3) is 14.4. The number of carbonyl (C=O) groups excluding carboxylic acids is 1. The Labute approximate surface area is 194 Å². The van der Waals surface area contributed by atoms with Crippen molar-refractivity contribution in [1.29, 1.82) is 0 Å². The van der Waals surface area contributed by atoms with E-state index in [0.29, 0.717) is 23.2 Å². The number of aliphatic carboxylic acids is 2. The molecule has 0 aliphatic carbocycles. The Morgan fingerprint density at radius 2 is 1.65 bits per heavy atom. The predicted molar refractivity (Wildman–Crippen MR) is 129 cm³/mol. The summed E-state index contributed by atoms with van der Waals surface area (Å²) in [6.07, 6.45) is 11.5. The minimum Gasteiger partial charge on any atom is -0.550 e. The largest absolute Gasteiger partial charge is 0.550 e. The van der Waals surface area contributed by atoms with Gasteiger partial charge in [-0.05, 0) is 25.0 Å². The summed E-state index contributed by atoms with van der Waals surface area (Å²) in [7, 11) is -0.305. The Morgan fingerprint density at radius 3 is 2.29 bits per heavy atom. The molecule has 0 saturated heterocycles. The summed E-state index contributed by atoms with van der Waals surface area (Å²) in [5, 5.41) is 20.4. The third-order valence-corrected chi connectivity index (χ3v) is 8.86. The molecule has 176 valence electrons. The molecule has 0 fully saturated rings. The van der Waals surface area contributed by atoms with Crippen LogP contribution in [0.4, 0.5) is 0 Å². The Kier molecular flexibility index (Phi) is 16.3. The lowest BCUT2D eigenvalue weighted by atomic mass is 10.1. The fourth-order valence-corrected chi connectivity index (χ4v) is 7.05. The van der Waals surface area contributed by atoms with Gasteiger partial charge in [-0.15, -0.1) is 11.8 Å². The molecule has 0 aliphatic heterocycles. The second-order valence-electron chi connectivity index (χ2n) is 7.61. The van der Waals surface area contributed by atoms with Gasteiger partial charge in [0.05, 0.1) is 13.0 Å². The van der Waals surface area contributed by atoms with Crippen LogP contribution in [0, 0.1) is 0 Å². The van der Waals surface area contributed by atoms with E-state index in [1.165, 1.54) is 63.1 Å². The third-order valence-electron chi connectivity index (χ3n) is 4.90. The molecule has 1 unspecified atom stereocenters. The van der Waals surface area contributed by atoms with Gasteiger partial charge in [-0.25, -0.2) is 0 Å². The first-order valence-electron chi connectivity index (χ1n) is 11.4. The van der Waals surface area contributed by atoms with Crippen molar-refractivity contribution >= 4 is 34.6 Å². The monoisotopic (exact) mass is 470 g/mol. The number of carbonyl (C=O) groups is 2. The van der Waals surface area contributed by atoms with Gasteiger partial charge in [-0.1, -0.05) is 70.4 Å². The van der Waals surface area contributed by atoms with Crippen LogP contribution in [-0.4, -0.2) is 40.2 Å². The Morgan fingerprint density at radius 1 is 1.00 bits per heavy atom. The van der Waals surface area contributed by atoms with Crippen LogP contribution in [0.3, 0.4) is 0 Å². The number of hydrogen-bond donors (Lipinski definition) is 1. The van der Waals surface area contributed by atoms with E-state index in [-0.39, 0.29) is 23.7 Å². The molecular formula is C24H38O5S2. The molecule has 1 N–H and O–H groups in total. The topological polar surface area (TPSA) is 86.7 Å². The summed E-state index contributed by atoms with van der Waals surface area (Å²) in [5.41, 5.74) is 0. The number of carboxylic acids is 2. The van der Waals surface area contributed by atoms with Gasteiger partial charge in [0.1, 0.15) is 5.75 Å². The number of para-hydroxylation sites is 1. The highest BCUT2D eigenvalue weighted by Gasteiger charge is 2.27. The van der Waals surface area contributed by atoms with Crippen LogP contribution in [0.15, 0.2) is 29.2 Å². The molecule has 0 spiro atoms. The molecular weight excluding hydrogens is 432 g/mol. The van der Waals surface area contributed by atoms with Gasteiger partial charge in [-0.2, -0.15) is 0 Å². The molecule has 0 aromatic heterocycles. The highest BCUT2D eigenvalue weighted by Crippen LogP contribution is 2.29. The number of ether oxygens (including phenoxy) is 1. The molecule has 1 atom stereocenters. The van der Waals surface area contributed by atoms with Crippen LogP contribution in [0.2, 0.25) is 0 Å². The van der Waals surface area contributed by atoms with Gasteiger partial charge < -0.3 is 19.7 Å². The zero-order chi connectivity index (χ0) is 22.7. The molecule has 1 aromatic carbocycles. The molecule has 1 aromatic rings. The van der Waals surface area contributed by atoms with Crippen molar-refractivity contribution in [3.63, 3.8) is 0 Å². The van der Waals surface area contributed by atoms with Crippen LogP contribution in [0.5, 0.6) is 5.75 Å². The fourth-order valence-electron chi connectivity index (χ4n) is 3.16. The predicted octanol–water partition coefficient (Wildman–Crippen LogP) is 4.88. The molecule has 0 radical (unpaired) electrons. The molecule has 0 amide bonds. The number of rotatable bonds is 20. The van der Waals surface area contributed by atoms with Crippen LogP contribution in [-0.2, 0) is 20.5 Å². The smallest absolute Gasteiger partial charge is 0.308 e. The van der Waals surface area contributed by atoms with E-state index in [9.17, 15) is 14.7 Å². The van der Waals surface area contributed by atoms with Crippen LogP contribution in [0.1, 0.15) is 77.6 Å². The average molecular weight is 471 g/mol. The van der Waals surface area contributed by atoms with Crippen molar-refractivity contribution < 1.29 is 24.5 Å². The first kappa shape index (κ1) is 27.7. The lowest BCUT2D eigenvalue weighted by Gasteiger charge is -2.13. The van der Waals surface area contributed by atoms with Gasteiger partial charge >= 0.3 is 5.97 Å². The number of thioether (sulfide) groups is 1. The summed E-state index contributed by atoms with van der Waals surface area (Å²) in [4.78, 5) is 22.8. The van der Waals surface area contributed by atoms with E-state index in [2.05, 4.69) is 6.92 Å². The van der Waals surface area contributed by atoms with Crippen molar-refractivity contribution in [3.8, 4) is 5.75 Å². The Hall–Kier alpha value is -1.34. The van der Waals surface area contributed by atoms with E-state index in [4.69, 9.17) is 9.84 Å². The zero-order valence-corrected chi connectivity index (χ0v) is 20.4. The lowest BCUT2D eigenvalue weighted by Crippen LogP contribution is -2.22. The van der Waals surface area contributed by atoms with Crippen molar-refractivity contribution in [2.24, 2.45) is 0 Å². The van der Waals surface area contributed by atoms with E-state index in [0.717, 1.165) is 17.1 Å². The minimum absolute atomic E-state index is 0.0115. The standard InChI is InChI=1S/C24H38O5S2/c1-2-3-4-5-6-7-8-9-12-17-29-21-13-10-11-14-22(21)31(19-16-24(27)28)20-30-18-15-23(25)26/h10-11,13-14H,2-9,12,15-20H2,1H3,(H-,25,26,27,28). The molecule has 0 aliphatic rings. The summed E-state index contributed by atoms with van der Waals surface area (Å²) >= 11 is 1.53. The van der Waals surface area contributed by atoms with Gasteiger partial charge in [0.2, 0.25) is 0 Å². The van der Waals surface area contributed by atoms with Crippen molar-refractivity contribution in [1.82, 2.24) is 0 Å². The highest BCUT2D eigenvalue weighted by molar-refractivity contribution is 8.14. The summed E-state index contributed by atoms with van der Waals surface area (Å²) < 4.78 is 6.08. The number of hydrogen-bond acceptors (Lipinski definition) is 5. The van der Waals surface area contributed by atoms with Gasteiger partial charge in [-0.3, -0.25) is 4.79 Å². The average Bonchev–Trinajstić information content (AvgIpc) is 2.74. The van der Waals surface area contributed by atoms with E-state index in [1.54, 1.807) is 0 Å². The zero-order valence-electron chi connectivity index (χ0n) is 18.8. The first-order valence-corrected chi connectivity index (χ1v) is 14.1. The molecule has 7 heteroatoms. The van der Waals surface area contributed by atoms with Crippen LogP contribution >= 0.6 is 11.8 Å². The van der Waals surface area contributed by atoms with E-state index in [1.807, 2.05) is 24.3 Å². The van der Waals surface area contributed by atoms with Crippen molar-refractivity contribution in [2.75, 3.05) is 23.2 Å². The number of unbranched alkanes of at least 4 members (excludes halogenated alkanes) is 8. The van der Waals surface area contributed by atoms with Crippen molar-refractivity contribution in [3.05, 3.63) is 24.3 Å². The van der Waals surface area contributed by atoms with E-state index >= 15 is 0 Å². The molecule has 5 nitrogen and oxygen atoms in total. The van der Waals surface area contributed by atoms with Gasteiger partial charge in [0.25, 0.3) is 0 Å². The summed E-state index contributed by atoms with van der Waals surface area (Å²) in [6.45, 7) is 2.91. The van der Waals surface area contributed by atoms with Crippen LogP contribution in [0.25, 0.3) is 0 Å². The Bertz CT molecular complexity index is 624. The van der Waals surface area contributed by atoms with E-state index < -0.39 is 11.9 Å². The Balaban J connectivity index is 2.46. The first-order chi connectivity index (χ1) is 15.0. The fraction of sp³-hybridized carbons (Fsp3) is 0.667. The molecule has 1 rings (SSSR count). The second kappa shape index (κ2) is 18.3. The van der Waals surface area contributed by atoms with Gasteiger partial charge in [0, 0.05) is 22.6 Å². The molecule has 0 saturated carbocycles. The minimum atomic E-state index is -1.05. The molecule has 0 heterocycles. The van der Waals surface area contributed by atoms with Crippen molar-refractivity contribution in [2.45, 2.75) is 82.4 Å². The maximum atomic E-state index is 11.1. The number of carboxylic acid groups (broad SMARTS) is 2. The maximum Gasteiger partial charge on any atom is 0.308 e. The number of benzene rings is 1. The molecule has 0 bridgehead atoms. The maximum absolute atomic E-state index is 11.1. The normalized spacial score (nSPS) is 11.9. The second-order valence-corrected chi connectivity index (χ2v) is 11.2. The van der Waals surface area contributed by atoms with Gasteiger partial charge in [0.15, 0.2) is 15.7 Å². The lowest BCUT2D eigenvalue weighted by molar-refractivity contribution is -0.305.